The SMILES string of the molecule is Nc1cccc(-c2ccc(F)cc2Cl)c1. The van der Waals surface area contributed by atoms with Gasteiger partial charge in [0.25, 0.3) is 0 Å². The van der Waals surface area contributed by atoms with Crippen LogP contribution in [0.15, 0.2) is 42.5 Å². The Morgan fingerprint density at radius 3 is 2.53 bits per heavy atom. The highest BCUT2D eigenvalue weighted by atomic mass is 35.5. The number of hydrogen-bond acceptors (Lipinski definition) is 1. The Labute approximate surface area is 92.3 Å². The maximum atomic E-state index is 12.8. The predicted octanol–water partition coefficient (Wildman–Crippen LogP) is 3.73. The average molecular weight is 222 g/mol. The molecule has 1 nitrogen and oxygen atoms in total. The highest BCUT2D eigenvalue weighted by molar-refractivity contribution is 6.33. The van der Waals surface area contributed by atoms with E-state index in [1.807, 2.05) is 12.1 Å². The Kier molecular flexibility index (Phi) is 2.60. The van der Waals surface area contributed by atoms with Crippen LogP contribution in [0.25, 0.3) is 11.1 Å². The highest BCUT2D eigenvalue weighted by Crippen LogP contribution is 2.29. The normalized spacial score (nSPS) is 10.3. The first-order chi connectivity index (χ1) is 7.16. The summed E-state index contributed by atoms with van der Waals surface area (Å²) in [7, 11) is 0. The van der Waals surface area contributed by atoms with Crippen molar-refractivity contribution in [2.24, 2.45) is 0 Å². The minimum Gasteiger partial charge on any atom is -0.399 e. The summed E-state index contributed by atoms with van der Waals surface area (Å²) in [6.45, 7) is 0. The molecule has 0 fully saturated rings. The second-order valence-corrected chi connectivity index (χ2v) is 3.66. The summed E-state index contributed by atoms with van der Waals surface area (Å²) in [4.78, 5) is 0. The van der Waals surface area contributed by atoms with Crippen molar-refractivity contribution in [1.82, 2.24) is 0 Å². The Morgan fingerprint density at radius 2 is 1.87 bits per heavy atom. The number of rotatable bonds is 1. The summed E-state index contributed by atoms with van der Waals surface area (Å²) in [5, 5.41) is 0.389. The zero-order chi connectivity index (χ0) is 10.8. The third kappa shape index (κ3) is 2.10. The van der Waals surface area contributed by atoms with Crippen molar-refractivity contribution in [3.63, 3.8) is 0 Å². The summed E-state index contributed by atoms with van der Waals surface area (Å²) >= 11 is 5.94. The number of nitrogens with two attached hydrogens (primary N) is 1. The van der Waals surface area contributed by atoms with Crippen molar-refractivity contribution < 1.29 is 4.39 Å². The molecular weight excluding hydrogens is 213 g/mol. The van der Waals surface area contributed by atoms with E-state index < -0.39 is 0 Å². The van der Waals surface area contributed by atoms with Crippen molar-refractivity contribution in [3.05, 3.63) is 53.3 Å². The molecular formula is C12H9ClFN. The smallest absolute Gasteiger partial charge is 0.124 e. The molecule has 0 unspecified atom stereocenters. The monoisotopic (exact) mass is 221 g/mol. The van der Waals surface area contributed by atoms with Gasteiger partial charge in [0.15, 0.2) is 0 Å². The molecule has 2 rings (SSSR count). The van der Waals surface area contributed by atoms with Gasteiger partial charge in [0.1, 0.15) is 5.82 Å². The quantitative estimate of drug-likeness (QED) is 0.730. The Hall–Kier alpha value is -1.54. The number of anilines is 1. The van der Waals surface area contributed by atoms with E-state index in [9.17, 15) is 4.39 Å². The molecule has 0 bridgehead atoms. The average Bonchev–Trinajstić information content (AvgIpc) is 2.17. The zero-order valence-corrected chi connectivity index (χ0v) is 8.63. The molecule has 0 radical (unpaired) electrons. The van der Waals surface area contributed by atoms with E-state index in [4.69, 9.17) is 17.3 Å². The van der Waals surface area contributed by atoms with Gasteiger partial charge in [-0.3, -0.25) is 0 Å². The van der Waals surface area contributed by atoms with Gasteiger partial charge in [0.2, 0.25) is 0 Å². The molecule has 0 aliphatic heterocycles. The Morgan fingerprint density at radius 1 is 1.07 bits per heavy atom. The fourth-order valence-electron chi connectivity index (χ4n) is 1.43. The Bertz CT molecular complexity index is 497. The largest absolute Gasteiger partial charge is 0.399 e. The molecule has 0 heterocycles. The van der Waals surface area contributed by atoms with E-state index >= 15 is 0 Å². The predicted molar refractivity (Wildman–Crippen MR) is 61.3 cm³/mol. The van der Waals surface area contributed by atoms with Crippen LogP contribution >= 0.6 is 11.6 Å². The first-order valence-electron chi connectivity index (χ1n) is 4.48. The summed E-state index contributed by atoms with van der Waals surface area (Å²) in [6, 6.07) is 11.6. The summed E-state index contributed by atoms with van der Waals surface area (Å²) in [5.74, 6) is -0.340. The van der Waals surface area contributed by atoms with Crippen LogP contribution in [0, 0.1) is 5.82 Å². The molecule has 2 N–H and O–H groups in total. The lowest BCUT2D eigenvalue weighted by Gasteiger charge is -2.05. The van der Waals surface area contributed by atoms with Crippen molar-refractivity contribution in [2.75, 3.05) is 5.73 Å². The second-order valence-electron chi connectivity index (χ2n) is 3.25. The molecule has 0 aromatic heterocycles. The number of halogens is 2. The van der Waals surface area contributed by atoms with Crippen LogP contribution in [-0.4, -0.2) is 0 Å². The molecule has 0 saturated heterocycles. The van der Waals surface area contributed by atoms with Gasteiger partial charge in [-0.15, -0.1) is 0 Å². The van der Waals surface area contributed by atoms with Crippen molar-refractivity contribution in [1.29, 1.82) is 0 Å². The second kappa shape index (κ2) is 3.91. The zero-order valence-electron chi connectivity index (χ0n) is 7.87. The highest BCUT2D eigenvalue weighted by Gasteiger charge is 2.04. The van der Waals surface area contributed by atoms with E-state index in [0.29, 0.717) is 10.7 Å². The standard InChI is InChI=1S/C12H9ClFN/c13-12-7-9(14)4-5-11(12)8-2-1-3-10(15)6-8/h1-7H,15H2. The van der Waals surface area contributed by atoms with Crippen LogP contribution < -0.4 is 5.73 Å². The maximum Gasteiger partial charge on any atom is 0.124 e. The molecule has 0 saturated carbocycles. The van der Waals surface area contributed by atoms with Gasteiger partial charge in [0, 0.05) is 11.3 Å². The van der Waals surface area contributed by atoms with Gasteiger partial charge in [-0.2, -0.15) is 0 Å². The summed E-state index contributed by atoms with van der Waals surface area (Å²) in [6.07, 6.45) is 0. The van der Waals surface area contributed by atoms with E-state index in [-0.39, 0.29) is 5.82 Å². The number of nitrogen functional groups attached to an aromatic ring is 1. The number of hydrogen-bond donors (Lipinski definition) is 1. The summed E-state index contributed by atoms with van der Waals surface area (Å²) < 4.78 is 12.8. The van der Waals surface area contributed by atoms with Crippen molar-refractivity contribution in [3.8, 4) is 11.1 Å². The van der Waals surface area contributed by atoms with Crippen molar-refractivity contribution >= 4 is 17.3 Å². The fourth-order valence-corrected chi connectivity index (χ4v) is 1.71. The lowest BCUT2D eigenvalue weighted by molar-refractivity contribution is 0.628. The van der Waals surface area contributed by atoms with Crippen LogP contribution in [0.3, 0.4) is 0 Å². The van der Waals surface area contributed by atoms with Gasteiger partial charge >= 0.3 is 0 Å². The van der Waals surface area contributed by atoms with Gasteiger partial charge in [-0.05, 0) is 35.9 Å². The minimum atomic E-state index is -0.340. The lowest BCUT2D eigenvalue weighted by atomic mass is 10.1. The van der Waals surface area contributed by atoms with Gasteiger partial charge in [-0.1, -0.05) is 23.7 Å². The molecule has 15 heavy (non-hydrogen) atoms. The van der Waals surface area contributed by atoms with Crippen LogP contribution in [-0.2, 0) is 0 Å². The van der Waals surface area contributed by atoms with Crippen molar-refractivity contribution in [2.45, 2.75) is 0 Å². The molecule has 2 aromatic carbocycles. The number of benzene rings is 2. The first kappa shape index (κ1) is 9.99. The third-order valence-corrected chi connectivity index (χ3v) is 2.44. The third-order valence-electron chi connectivity index (χ3n) is 2.13. The first-order valence-corrected chi connectivity index (χ1v) is 4.85. The summed E-state index contributed by atoms with van der Waals surface area (Å²) in [5.41, 5.74) is 7.99. The van der Waals surface area contributed by atoms with Crippen LogP contribution in [0.5, 0.6) is 0 Å². The van der Waals surface area contributed by atoms with Crippen LogP contribution in [0.2, 0.25) is 5.02 Å². The van der Waals surface area contributed by atoms with E-state index in [0.717, 1.165) is 11.1 Å². The van der Waals surface area contributed by atoms with Gasteiger partial charge in [-0.25, -0.2) is 4.39 Å². The fraction of sp³-hybridized carbons (Fsp3) is 0. The van der Waals surface area contributed by atoms with Crippen LogP contribution in [0.1, 0.15) is 0 Å². The maximum absolute atomic E-state index is 12.8. The van der Waals surface area contributed by atoms with E-state index in [1.54, 1.807) is 18.2 Å². The lowest BCUT2D eigenvalue weighted by Crippen LogP contribution is -1.86. The molecule has 2 aromatic rings. The molecule has 0 atom stereocenters. The minimum absolute atomic E-state index is 0.340. The van der Waals surface area contributed by atoms with Gasteiger partial charge in [0.05, 0.1) is 5.02 Å². The molecule has 0 aliphatic carbocycles. The van der Waals surface area contributed by atoms with Gasteiger partial charge < -0.3 is 5.73 Å². The topological polar surface area (TPSA) is 26.0 Å². The van der Waals surface area contributed by atoms with E-state index in [2.05, 4.69) is 0 Å². The Balaban J connectivity index is 2.54. The van der Waals surface area contributed by atoms with E-state index in [1.165, 1.54) is 12.1 Å². The molecule has 0 amide bonds. The van der Waals surface area contributed by atoms with Crippen LogP contribution in [0.4, 0.5) is 10.1 Å². The molecule has 0 spiro atoms. The molecule has 76 valence electrons. The molecule has 0 aliphatic rings. The molecule has 3 heteroatoms.